The Morgan fingerprint density at radius 2 is 1.84 bits per heavy atom. The van der Waals surface area contributed by atoms with Gasteiger partial charge in [-0.2, -0.15) is 4.98 Å². The summed E-state index contributed by atoms with van der Waals surface area (Å²) in [5.41, 5.74) is 0.444. The molecule has 2 aromatic rings. The number of hydrogen-bond donors (Lipinski definition) is 0. The van der Waals surface area contributed by atoms with Crippen LogP contribution in [0, 0.1) is 17.8 Å². The molecule has 0 spiro atoms. The van der Waals surface area contributed by atoms with E-state index in [2.05, 4.69) is 45.7 Å². The summed E-state index contributed by atoms with van der Waals surface area (Å²) in [7, 11) is 0. The first-order valence-electron chi connectivity index (χ1n) is 16.9. The van der Waals surface area contributed by atoms with Gasteiger partial charge in [-0.1, -0.05) is 25.9 Å². The van der Waals surface area contributed by atoms with Gasteiger partial charge in [-0.15, -0.1) is 0 Å². The third kappa shape index (κ3) is 8.67. The van der Waals surface area contributed by atoms with Crippen LogP contribution < -0.4 is 14.5 Å². The SMILES string of the molecule is CC(C)c1noc(N2CCC([C@H](C)CCOc3ccc(N4C[C@H](CC(=O)OC(C)(C)C)[C@@H](N5CCCCC5=O)C4)cn3)CC2)n1. The number of esters is 1. The van der Waals surface area contributed by atoms with E-state index in [9.17, 15) is 9.59 Å². The molecule has 0 unspecified atom stereocenters. The number of piperidine rings is 2. The van der Waals surface area contributed by atoms with E-state index in [1.54, 1.807) is 0 Å². The first kappa shape index (κ1) is 33.0. The summed E-state index contributed by atoms with van der Waals surface area (Å²) in [5.74, 6) is 2.81. The second-order valence-electron chi connectivity index (χ2n) is 14.5. The lowest BCUT2D eigenvalue weighted by Crippen LogP contribution is -2.47. The summed E-state index contributed by atoms with van der Waals surface area (Å²) in [6.45, 7) is 16.7. The van der Waals surface area contributed by atoms with E-state index < -0.39 is 5.60 Å². The van der Waals surface area contributed by atoms with Crippen LogP contribution in [0.4, 0.5) is 11.7 Å². The summed E-state index contributed by atoms with van der Waals surface area (Å²) < 4.78 is 17.2. The predicted molar refractivity (Wildman–Crippen MR) is 172 cm³/mol. The first-order valence-corrected chi connectivity index (χ1v) is 16.9. The lowest BCUT2D eigenvalue weighted by molar-refractivity contribution is -0.157. The molecule has 45 heavy (non-hydrogen) atoms. The van der Waals surface area contributed by atoms with E-state index in [1.165, 1.54) is 0 Å². The fourth-order valence-corrected chi connectivity index (χ4v) is 6.87. The average Bonchev–Trinajstić information content (AvgIpc) is 3.65. The second-order valence-corrected chi connectivity index (χ2v) is 14.5. The maximum absolute atomic E-state index is 12.8. The molecule has 3 saturated heterocycles. The van der Waals surface area contributed by atoms with Crippen LogP contribution in [-0.4, -0.2) is 82.9 Å². The summed E-state index contributed by atoms with van der Waals surface area (Å²) in [6, 6.07) is 4.59. The Labute approximate surface area is 268 Å². The van der Waals surface area contributed by atoms with Crippen LogP contribution in [0.2, 0.25) is 0 Å². The van der Waals surface area contributed by atoms with Crippen molar-refractivity contribution in [2.24, 2.45) is 17.8 Å². The fraction of sp³-hybridized carbons (Fsp3) is 0.735. The average molecular weight is 625 g/mol. The Morgan fingerprint density at radius 3 is 2.49 bits per heavy atom. The molecule has 0 aliphatic carbocycles. The fourth-order valence-electron chi connectivity index (χ4n) is 6.87. The van der Waals surface area contributed by atoms with Crippen LogP contribution in [0.1, 0.15) is 98.2 Å². The van der Waals surface area contributed by atoms with Crippen molar-refractivity contribution < 1.29 is 23.6 Å². The van der Waals surface area contributed by atoms with Gasteiger partial charge in [-0.25, -0.2) is 4.98 Å². The highest BCUT2D eigenvalue weighted by Gasteiger charge is 2.41. The number of carbonyl (C=O) groups is 2. The summed E-state index contributed by atoms with van der Waals surface area (Å²) in [5, 5.41) is 4.11. The van der Waals surface area contributed by atoms with Gasteiger partial charge in [0.15, 0.2) is 5.82 Å². The van der Waals surface area contributed by atoms with E-state index >= 15 is 0 Å². The molecular formula is C34H52N6O5. The third-order valence-corrected chi connectivity index (χ3v) is 9.49. The minimum absolute atomic E-state index is 0.00991. The number of hydrogen-bond acceptors (Lipinski definition) is 10. The lowest BCUT2D eigenvalue weighted by atomic mass is 9.84. The highest BCUT2D eigenvalue weighted by molar-refractivity contribution is 5.78. The quantitative estimate of drug-likeness (QED) is 0.299. The highest BCUT2D eigenvalue weighted by Crippen LogP contribution is 2.33. The van der Waals surface area contributed by atoms with Crippen LogP contribution >= 0.6 is 0 Å². The van der Waals surface area contributed by atoms with Gasteiger partial charge in [0.25, 0.3) is 0 Å². The van der Waals surface area contributed by atoms with Gasteiger partial charge < -0.3 is 28.7 Å². The number of nitrogens with zero attached hydrogens (tertiary/aromatic N) is 6. The largest absolute Gasteiger partial charge is 0.478 e. The van der Waals surface area contributed by atoms with E-state index in [-0.39, 0.29) is 29.8 Å². The van der Waals surface area contributed by atoms with Crippen molar-refractivity contribution in [3.8, 4) is 5.88 Å². The smallest absolute Gasteiger partial charge is 0.324 e. The van der Waals surface area contributed by atoms with Crippen molar-refractivity contribution in [2.45, 2.75) is 104 Å². The van der Waals surface area contributed by atoms with Gasteiger partial charge >= 0.3 is 12.0 Å². The topological polar surface area (TPSA) is 114 Å². The van der Waals surface area contributed by atoms with E-state index in [4.69, 9.17) is 14.0 Å². The minimum atomic E-state index is -0.533. The Hall–Kier alpha value is -3.37. The van der Waals surface area contributed by atoms with Gasteiger partial charge in [0.05, 0.1) is 31.0 Å². The number of likely N-dealkylation sites (tertiary alicyclic amines) is 1. The summed E-state index contributed by atoms with van der Waals surface area (Å²) >= 11 is 0. The Kier molecular flexibility index (Phi) is 10.5. The lowest BCUT2D eigenvalue weighted by Gasteiger charge is -2.35. The van der Waals surface area contributed by atoms with Crippen molar-refractivity contribution in [2.75, 3.05) is 49.1 Å². The van der Waals surface area contributed by atoms with E-state index in [0.29, 0.717) is 56.3 Å². The molecule has 3 atom stereocenters. The van der Waals surface area contributed by atoms with Gasteiger partial charge in [0.1, 0.15) is 5.60 Å². The van der Waals surface area contributed by atoms with Crippen LogP contribution in [0.25, 0.3) is 0 Å². The molecular weight excluding hydrogens is 572 g/mol. The summed E-state index contributed by atoms with van der Waals surface area (Å²) in [4.78, 5) is 41.2. The van der Waals surface area contributed by atoms with Crippen LogP contribution in [0.15, 0.2) is 22.9 Å². The maximum Gasteiger partial charge on any atom is 0.324 e. The molecule has 0 N–H and O–H groups in total. The minimum Gasteiger partial charge on any atom is -0.478 e. The Morgan fingerprint density at radius 1 is 1.07 bits per heavy atom. The second kappa shape index (κ2) is 14.4. The molecule has 5 heterocycles. The molecule has 3 fully saturated rings. The van der Waals surface area contributed by atoms with Gasteiger partial charge in [-0.3, -0.25) is 9.59 Å². The zero-order chi connectivity index (χ0) is 32.1. The molecule has 0 bridgehead atoms. The van der Waals surface area contributed by atoms with E-state index in [0.717, 1.165) is 63.3 Å². The van der Waals surface area contributed by atoms with Gasteiger partial charge in [-0.05, 0) is 70.8 Å². The normalized spacial score (nSPS) is 22.3. The van der Waals surface area contributed by atoms with Crippen LogP contribution in [0.3, 0.4) is 0 Å². The molecule has 1 amide bonds. The van der Waals surface area contributed by atoms with E-state index in [1.807, 2.05) is 44.0 Å². The van der Waals surface area contributed by atoms with Crippen molar-refractivity contribution in [3.63, 3.8) is 0 Å². The monoisotopic (exact) mass is 624 g/mol. The number of pyridine rings is 1. The third-order valence-electron chi connectivity index (χ3n) is 9.49. The highest BCUT2D eigenvalue weighted by atomic mass is 16.6. The number of anilines is 2. The van der Waals surface area contributed by atoms with Crippen molar-refractivity contribution in [1.82, 2.24) is 20.0 Å². The molecule has 11 nitrogen and oxygen atoms in total. The van der Waals surface area contributed by atoms with Crippen LogP contribution in [-0.2, 0) is 14.3 Å². The number of carbonyl (C=O) groups excluding carboxylic acids is 2. The molecule has 248 valence electrons. The Balaban J connectivity index is 1.10. The number of ether oxygens (including phenoxy) is 2. The van der Waals surface area contributed by atoms with Gasteiger partial charge in [0.2, 0.25) is 11.8 Å². The molecule has 0 aromatic carbocycles. The predicted octanol–water partition coefficient (Wildman–Crippen LogP) is 5.46. The van der Waals surface area contributed by atoms with Gasteiger partial charge in [0, 0.05) is 57.0 Å². The zero-order valence-electron chi connectivity index (χ0n) is 28.0. The van der Waals surface area contributed by atoms with Crippen molar-refractivity contribution >= 4 is 23.6 Å². The number of rotatable bonds is 11. The van der Waals surface area contributed by atoms with Crippen molar-refractivity contribution in [3.05, 3.63) is 24.2 Å². The summed E-state index contributed by atoms with van der Waals surface area (Å²) in [6.07, 6.45) is 7.84. The molecule has 5 rings (SSSR count). The van der Waals surface area contributed by atoms with Crippen LogP contribution in [0.5, 0.6) is 5.88 Å². The molecule has 0 saturated carbocycles. The molecule has 3 aliphatic rings. The maximum atomic E-state index is 12.8. The molecule has 11 heteroatoms. The molecule has 2 aromatic heterocycles. The molecule has 3 aliphatic heterocycles. The zero-order valence-corrected chi connectivity index (χ0v) is 28.0. The first-order chi connectivity index (χ1) is 21.5. The number of amides is 1. The number of aromatic nitrogens is 3. The standard InChI is InChI=1S/C34H52N6O5/c1-23(2)32-36-33(45-37-32)38-16-12-25(13-17-38)24(3)14-18-43-29-11-10-27(20-35-29)39-21-26(19-31(42)44-34(4,5)6)28(22-39)40-15-8-7-9-30(40)41/h10-11,20,23-26,28H,7-9,12-19,21-22H2,1-6H3/t24-,26+,28+/m1/s1. The molecule has 0 radical (unpaired) electrons. The Bertz CT molecular complexity index is 1270. The van der Waals surface area contributed by atoms with Crippen molar-refractivity contribution in [1.29, 1.82) is 0 Å².